The Labute approximate surface area is 158 Å². The van der Waals surface area contributed by atoms with Crippen LogP contribution in [0.3, 0.4) is 0 Å². The Morgan fingerprint density at radius 2 is 1.89 bits per heavy atom. The smallest absolute Gasteiger partial charge is 0.274 e. The minimum Gasteiger partial charge on any atom is -0.378 e. The Hall–Kier alpha value is -2.68. The largest absolute Gasteiger partial charge is 0.378 e. The molecule has 0 saturated carbocycles. The molecule has 1 unspecified atom stereocenters. The van der Waals surface area contributed by atoms with Crippen LogP contribution < -0.4 is 15.5 Å². The number of aryl methyl sites for hydroxylation is 1. The first kappa shape index (κ1) is 19.1. The molecule has 1 saturated heterocycles. The number of hydrogen-bond donors (Lipinski definition) is 2. The van der Waals surface area contributed by atoms with E-state index in [1.807, 2.05) is 43.3 Å². The number of benzene rings is 1. The van der Waals surface area contributed by atoms with Gasteiger partial charge >= 0.3 is 0 Å². The van der Waals surface area contributed by atoms with Crippen molar-refractivity contribution in [3.8, 4) is 0 Å². The maximum absolute atomic E-state index is 12.5. The summed E-state index contributed by atoms with van der Waals surface area (Å²) >= 11 is 0. The lowest BCUT2D eigenvalue weighted by Crippen LogP contribution is -2.22. The highest BCUT2D eigenvalue weighted by Crippen LogP contribution is 2.19. The van der Waals surface area contributed by atoms with Gasteiger partial charge in [-0.3, -0.25) is 4.79 Å². The van der Waals surface area contributed by atoms with Crippen molar-refractivity contribution in [2.75, 3.05) is 41.1 Å². The fourth-order valence-electron chi connectivity index (χ4n) is 2.91. The number of amides is 1. The molecular formula is C18H23N5O3S. The summed E-state index contributed by atoms with van der Waals surface area (Å²) < 4.78 is 23.2. The molecule has 0 spiro atoms. The number of carbonyl (C=O) groups is 1. The van der Waals surface area contributed by atoms with E-state index in [0.717, 1.165) is 5.69 Å². The molecule has 2 aromatic rings. The van der Waals surface area contributed by atoms with Crippen LogP contribution in [-0.4, -0.2) is 55.9 Å². The second-order valence-electron chi connectivity index (χ2n) is 6.83. The standard InChI is InChI=1S/C18H23N5O3S/c1-12-19-16(10-17(20-12)21-14-8-9-27(25,26)11-14)18(24)22-13-4-6-15(7-5-13)23(2)3/h4-7,10,14H,8-9,11H2,1-3H3,(H,22,24)(H,19,20,21). The molecular weight excluding hydrogens is 366 g/mol. The molecule has 27 heavy (non-hydrogen) atoms. The highest BCUT2D eigenvalue weighted by atomic mass is 32.2. The van der Waals surface area contributed by atoms with Crippen molar-refractivity contribution in [1.82, 2.24) is 9.97 Å². The average Bonchev–Trinajstić information content (AvgIpc) is 2.93. The van der Waals surface area contributed by atoms with Crippen LogP contribution in [0.4, 0.5) is 17.2 Å². The van der Waals surface area contributed by atoms with Gasteiger partial charge in [0.25, 0.3) is 5.91 Å². The fraction of sp³-hybridized carbons (Fsp3) is 0.389. The summed E-state index contributed by atoms with van der Waals surface area (Å²) in [6.07, 6.45) is 0.533. The van der Waals surface area contributed by atoms with E-state index in [9.17, 15) is 13.2 Å². The maximum atomic E-state index is 12.5. The minimum atomic E-state index is -2.99. The van der Waals surface area contributed by atoms with Gasteiger partial charge < -0.3 is 15.5 Å². The molecule has 1 aromatic carbocycles. The van der Waals surface area contributed by atoms with Crippen molar-refractivity contribution >= 4 is 32.9 Å². The van der Waals surface area contributed by atoms with Crippen LogP contribution in [0.25, 0.3) is 0 Å². The lowest BCUT2D eigenvalue weighted by molar-refractivity contribution is 0.102. The van der Waals surface area contributed by atoms with Crippen molar-refractivity contribution < 1.29 is 13.2 Å². The predicted octanol–water partition coefficient (Wildman–Crippen LogP) is 1.70. The number of nitrogens with one attached hydrogen (secondary N) is 2. The third-order valence-electron chi connectivity index (χ3n) is 4.30. The van der Waals surface area contributed by atoms with Crippen LogP contribution in [0.15, 0.2) is 30.3 Å². The summed E-state index contributed by atoms with van der Waals surface area (Å²) in [5, 5.41) is 5.91. The monoisotopic (exact) mass is 389 g/mol. The SMILES string of the molecule is Cc1nc(NC2CCS(=O)(=O)C2)cc(C(=O)Nc2ccc(N(C)C)cc2)n1. The van der Waals surface area contributed by atoms with Gasteiger partial charge in [-0.15, -0.1) is 0 Å². The van der Waals surface area contributed by atoms with Crippen LogP contribution in [0.2, 0.25) is 0 Å². The van der Waals surface area contributed by atoms with Crippen LogP contribution in [0.1, 0.15) is 22.7 Å². The predicted molar refractivity (Wildman–Crippen MR) is 106 cm³/mol. The summed E-state index contributed by atoms with van der Waals surface area (Å²) in [5.74, 6) is 0.799. The third-order valence-corrected chi connectivity index (χ3v) is 6.06. The van der Waals surface area contributed by atoms with E-state index in [1.165, 1.54) is 0 Å². The Morgan fingerprint density at radius 3 is 2.48 bits per heavy atom. The summed E-state index contributed by atoms with van der Waals surface area (Å²) in [6, 6.07) is 8.82. The lowest BCUT2D eigenvalue weighted by atomic mass is 10.2. The van der Waals surface area contributed by atoms with Gasteiger partial charge in [-0.1, -0.05) is 0 Å². The van der Waals surface area contributed by atoms with Gasteiger partial charge in [0.05, 0.1) is 11.5 Å². The van der Waals surface area contributed by atoms with Gasteiger partial charge in [-0.05, 0) is 37.6 Å². The van der Waals surface area contributed by atoms with Crippen molar-refractivity contribution in [1.29, 1.82) is 0 Å². The molecule has 0 aliphatic carbocycles. The van der Waals surface area contributed by atoms with Crippen molar-refractivity contribution in [2.24, 2.45) is 0 Å². The molecule has 0 bridgehead atoms. The molecule has 0 radical (unpaired) electrons. The molecule has 1 aliphatic heterocycles. The zero-order chi connectivity index (χ0) is 19.6. The van der Waals surface area contributed by atoms with Gasteiger partial charge in [0.2, 0.25) is 0 Å². The van der Waals surface area contributed by atoms with Crippen LogP contribution in [-0.2, 0) is 9.84 Å². The fourth-order valence-corrected chi connectivity index (χ4v) is 4.59. The van der Waals surface area contributed by atoms with Crippen LogP contribution in [0.5, 0.6) is 0 Å². The number of aromatic nitrogens is 2. The lowest BCUT2D eigenvalue weighted by Gasteiger charge is -2.14. The van der Waals surface area contributed by atoms with E-state index in [2.05, 4.69) is 20.6 Å². The van der Waals surface area contributed by atoms with E-state index in [4.69, 9.17) is 0 Å². The number of sulfone groups is 1. The molecule has 3 rings (SSSR count). The molecule has 1 amide bonds. The second-order valence-corrected chi connectivity index (χ2v) is 9.05. The van der Waals surface area contributed by atoms with Gasteiger partial charge in [-0.2, -0.15) is 0 Å². The summed E-state index contributed by atoms with van der Waals surface area (Å²) in [7, 11) is 0.900. The summed E-state index contributed by atoms with van der Waals surface area (Å²) in [5.41, 5.74) is 1.92. The normalized spacial score (nSPS) is 18.1. The summed E-state index contributed by atoms with van der Waals surface area (Å²) in [4.78, 5) is 23.0. The number of anilines is 3. The average molecular weight is 389 g/mol. The van der Waals surface area contributed by atoms with Crippen molar-refractivity contribution in [3.05, 3.63) is 41.9 Å². The summed E-state index contributed by atoms with van der Waals surface area (Å²) in [6.45, 7) is 1.69. The molecule has 8 nitrogen and oxygen atoms in total. The molecule has 2 heterocycles. The first-order valence-corrected chi connectivity index (χ1v) is 10.5. The van der Waals surface area contributed by atoms with E-state index in [1.54, 1.807) is 13.0 Å². The quantitative estimate of drug-likeness (QED) is 0.802. The number of carbonyl (C=O) groups excluding carboxylic acids is 1. The van der Waals surface area contributed by atoms with E-state index >= 15 is 0 Å². The van der Waals surface area contributed by atoms with Gasteiger partial charge in [-0.25, -0.2) is 18.4 Å². The topological polar surface area (TPSA) is 104 Å². The highest BCUT2D eigenvalue weighted by Gasteiger charge is 2.28. The molecule has 1 fully saturated rings. The molecule has 2 N–H and O–H groups in total. The van der Waals surface area contributed by atoms with E-state index in [0.29, 0.717) is 23.8 Å². The zero-order valence-corrected chi connectivity index (χ0v) is 16.4. The second kappa shape index (κ2) is 7.51. The van der Waals surface area contributed by atoms with Crippen LogP contribution >= 0.6 is 0 Å². The Morgan fingerprint density at radius 1 is 1.19 bits per heavy atom. The third kappa shape index (κ3) is 4.94. The van der Waals surface area contributed by atoms with Crippen LogP contribution in [0, 0.1) is 6.92 Å². The van der Waals surface area contributed by atoms with Crippen molar-refractivity contribution in [2.45, 2.75) is 19.4 Å². The first-order chi connectivity index (χ1) is 12.7. The van der Waals surface area contributed by atoms with E-state index < -0.39 is 9.84 Å². The first-order valence-electron chi connectivity index (χ1n) is 8.63. The van der Waals surface area contributed by atoms with Gasteiger partial charge in [0.15, 0.2) is 9.84 Å². The number of nitrogens with zero attached hydrogens (tertiary/aromatic N) is 3. The van der Waals surface area contributed by atoms with Gasteiger partial charge in [0, 0.05) is 37.6 Å². The van der Waals surface area contributed by atoms with Crippen molar-refractivity contribution in [3.63, 3.8) is 0 Å². The molecule has 144 valence electrons. The highest BCUT2D eigenvalue weighted by molar-refractivity contribution is 7.91. The molecule has 1 aliphatic rings. The maximum Gasteiger partial charge on any atom is 0.274 e. The van der Waals surface area contributed by atoms with E-state index in [-0.39, 0.29) is 29.1 Å². The number of rotatable bonds is 5. The number of hydrogen-bond acceptors (Lipinski definition) is 7. The van der Waals surface area contributed by atoms with Gasteiger partial charge in [0.1, 0.15) is 17.3 Å². The zero-order valence-electron chi connectivity index (χ0n) is 15.6. The Kier molecular flexibility index (Phi) is 5.31. The molecule has 1 aromatic heterocycles. The molecule has 9 heteroatoms. The minimum absolute atomic E-state index is 0.0792. The molecule has 1 atom stereocenters. The Bertz CT molecular complexity index is 942. The Balaban J connectivity index is 1.72.